The van der Waals surface area contributed by atoms with E-state index < -0.39 is 0 Å². The number of nitrogens with one attached hydrogen (secondary N) is 4. The fraction of sp³-hybridized carbons (Fsp3) is 0.700. The summed E-state index contributed by atoms with van der Waals surface area (Å²) in [7, 11) is 0. The van der Waals surface area contributed by atoms with E-state index in [1.807, 2.05) is 6.92 Å². The van der Waals surface area contributed by atoms with Crippen molar-refractivity contribution in [1.82, 2.24) is 21.4 Å². The third kappa shape index (κ3) is 4.77. The van der Waals surface area contributed by atoms with E-state index in [9.17, 15) is 0 Å². The molecule has 3 rings (SSSR count). The Bertz CT molecular complexity index is 559. The lowest BCUT2D eigenvalue weighted by Crippen LogP contribution is -2.64. The van der Waals surface area contributed by atoms with E-state index in [0.717, 1.165) is 25.9 Å². The second-order valence-electron chi connectivity index (χ2n) is 7.75. The number of hydrogen-bond donors (Lipinski definition) is 4. The molecule has 5 nitrogen and oxygen atoms in total. The monoisotopic (exact) mass is 380 g/mol. The first-order chi connectivity index (χ1) is 12.5. The van der Waals surface area contributed by atoms with Crippen LogP contribution in [-0.2, 0) is 11.4 Å². The van der Waals surface area contributed by atoms with Crippen molar-refractivity contribution in [1.29, 1.82) is 0 Å². The Hall–Kier alpha value is -0.690. The van der Waals surface area contributed by atoms with Gasteiger partial charge in [0.25, 0.3) is 0 Å². The first-order valence-corrected chi connectivity index (χ1v) is 10.4. The smallest absolute Gasteiger partial charge is 0.128 e. The van der Waals surface area contributed by atoms with Crippen LogP contribution in [0.5, 0.6) is 0 Å². The molecule has 1 aromatic rings. The molecule has 146 valence electrons. The van der Waals surface area contributed by atoms with Crippen molar-refractivity contribution in [3.63, 3.8) is 0 Å². The van der Waals surface area contributed by atoms with Crippen molar-refractivity contribution < 1.29 is 4.84 Å². The Morgan fingerprint density at radius 2 is 2.12 bits per heavy atom. The maximum Gasteiger partial charge on any atom is 0.128 e. The first kappa shape index (κ1) is 20.1. The molecule has 2 saturated heterocycles. The van der Waals surface area contributed by atoms with E-state index in [0.29, 0.717) is 5.92 Å². The van der Waals surface area contributed by atoms with E-state index in [1.54, 1.807) is 0 Å². The van der Waals surface area contributed by atoms with Gasteiger partial charge in [-0.1, -0.05) is 44.5 Å². The molecule has 5 unspecified atom stereocenters. The van der Waals surface area contributed by atoms with Crippen LogP contribution >= 0.6 is 11.6 Å². The molecule has 2 aliphatic heterocycles. The van der Waals surface area contributed by atoms with E-state index in [2.05, 4.69) is 59.5 Å². The Labute approximate surface area is 162 Å². The third-order valence-electron chi connectivity index (χ3n) is 5.74. The standard InChI is InChI=1S/C20H33ClN4O/c1-4-5-14(2)20(11-10-18(21)13-23-20)22-12-16-6-8-17(9-7-16)19-24-15(3)26-25-19/h6-9,14-15,18-19,22-25H,4-5,10-13H2,1-3H3. The van der Waals surface area contributed by atoms with E-state index in [1.165, 1.54) is 24.0 Å². The molecule has 26 heavy (non-hydrogen) atoms. The van der Waals surface area contributed by atoms with Crippen LogP contribution in [0, 0.1) is 5.92 Å². The van der Waals surface area contributed by atoms with Crippen LogP contribution in [0.4, 0.5) is 0 Å². The average molecular weight is 381 g/mol. The topological polar surface area (TPSA) is 57.4 Å². The van der Waals surface area contributed by atoms with Gasteiger partial charge in [-0.15, -0.1) is 11.6 Å². The SMILES string of the molecule is CCCC(C)C1(NCc2ccc(C3NOC(C)N3)cc2)CCC(Cl)CN1. The van der Waals surface area contributed by atoms with Gasteiger partial charge in [-0.05, 0) is 43.2 Å². The molecular formula is C20H33ClN4O. The lowest BCUT2D eigenvalue weighted by atomic mass is 9.83. The Kier molecular flexibility index (Phi) is 6.94. The van der Waals surface area contributed by atoms with E-state index >= 15 is 0 Å². The van der Waals surface area contributed by atoms with Gasteiger partial charge in [0.1, 0.15) is 12.4 Å². The zero-order valence-corrected chi connectivity index (χ0v) is 16.9. The quantitative estimate of drug-likeness (QED) is 0.546. The fourth-order valence-corrected chi connectivity index (χ4v) is 4.20. The Balaban J connectivity index is 1.61. The summed E-state index contributed by atoms with van der Waals surface area (Å²) in [6.07, 6.45) is 4.64. The zero-order chi connectivity index (χ0) is 18.6. The summed E-state index contributed by atoms with van der Waals surface area (Å²) in [5.41, 5.74) is 5.48. The molecule has 0 aliphatic carbocycles. The number of halogens is 1. The molecule has 0 bridgehead atoms. The minimum absolute atomic E-state index is 0.0160. The highest BCUT2D eigenvalue weighted by molar-refractivity contribution is 6.20. The summed E-state index contributed by atoms with van der Waals surface area (Å²) < 4.78 is 0. The maximum absolute atomic E-state index is 6.32. The molecule has 6 heteroatoms. The van der Waals surface area contributed by atoms with Crippen LogP contribution in [0.2, 0.25) is 0 Å². The van der Waals surface area contributed by atoms with E-state index in [4.69, 9.17) is 16.4 Å². The summed E-state index contributed by atoms with van der Waals surface area (Å²) in [5.74, 6) is 0.571. The highest BCUT2D eigenvalue weighted by atomic mass is 35.5. The highest BCUT2D eigenvalue weighted by Gasteiger charge is 2.38. The number of piperidine rings is 1. The number of benzene rings is 1. The van der Waals surface area contributed by atoms with Crippen LogP contribution < -0.4 is 21.4 Å². The first-order valence-electron chi connectivity index (χ1n) is 9.92. The van der Waals surface area contributed by atoms with Crippen molar-refractivity contribution in [3.8, 4) is 0 Å². The third-order valence-corrected chi connectivity index (χ3v) is 6.11. The van der Waals surface area contributed by atoms with E-state index in [-0.39, 0.29) is 23.4 Å². The molecule has 1 aromatic carbocycles. The molecule has 4 N–H and O–H groups in total. The normalized spacial score (nSPS) is 33.3. The fourth-order valence-electron chi connectivity index (χ4n) is 4.02. The molecule has 0 amide bonds. The summed E-state index contributed by atoms with van der Waals surface area (Å²) in [4.78, 5) is 5.36. The van der Waals surface area contributed by atoms with Gasteiger partial charge in [-0.3, -0.25) is 20.8 Å². The largest absolute Gasteiger partial charge is 0.298 e. The van der Waals surface area contributed by atoms with Crippen molar-refractivity contribution in [2.45, 2.75) is 76.4 Å². The molecule has 2 fully saturated rings. The van der Waals surface area contributed by atoms with Gasteiger partial charge in [-0.25, -0.2) is 0 Å². The van der Waals surface area contributed by atoms with Crippen molar-refractivity contribution >= 4 is 11.6 Å². The lowest BCUT2D eigenvalue weighted by Gasteiger charge is -2.45. The minimum Gasteiger partial charge on any atom is -0.298 e. The molecule has 5 atom stereocenters. The second kappa shape index (κ2) is 9.00. The highest BCUT2D eigenvalue weighted by Crippen LogP contribution is 2.30. The van der Waals surface area contributed by atoms with Gasteiger partial charge in [0.15, 0.2) is 0 Å². The number of hydroxylamine groups is 1. The molecule has 0 spiro atoms. The predicted molar refractivity (Wildman–Crippen MR) is 107 cm³/mol. The van der Waals surface area contributed by atoms with Gasteiger partial charge < -0.3 is 0 Å². The lowest BCUT2D eigenvalue weighted by molar-refractivity contribution is 0.0329. The summed E-state index contributed by atoms with van der Waals surface area (Å²) in [6, 6.07) is 8.71. The van der Waals surface area contributed by atoms with Crippen LogP contribution in [0.1, 0.15) is 63.7 Å². The molecule has 2 aliphatic rings. The van der Waals surface area contributed by atoms with Gasteiger partial charge >= 0.3 is 0 Å². The predicted octanol–water partition coefficient (Wildman–Crippen LogP) is 3.37. The number of alkyl halides is 1. The van der Waals surface area contributed by atoms with Crippen molar-refractivity contribution in [2.75, 3.05) is 6.54 Å². The molecule has 0 aromatic heterocycles. The van der Waals surface area contributed by atoms with Gasteiger partial charge in [0.2, 0.25) is 0 Å². The second-order valence-corrected chi connectivity index (χ2v) is 8.37. The Morgan fingerprint density at radius 3 is 2.69 bits per heavy atom. The van der Waals surface area contributed by atoms with Crippen LogP contribution in [0.25, 0.3) is 0 Å². The number of hydrogen-bond acceptors (Lipinski definition) is 5. The minimum atomic E-state index is -0.0160. The summed E-state index contributed by atoms with van der Waals surface area (Å²) in [6.45, 7) is 8.32. The maximum atomic E-state index is 6.32. The van der Waals surface area contributed by atoms with Gasteiger partial charge in [0.05, 0.1) is 5.66 Å². The summed E-state index contributed by atoms with van der Waals surface area (Å²) in [5, 5.41) is 11.1. The van der Waals surface area contributed by atoms with Crippen molar-refractivity contribution in [3.05, 3.63) is 35.4 Å². The zero-order valence-electron chi connectivity index (χ0n) is 16.1. The molecular weight excluding hydrogens is 348 g/mol. The molecule has 2 heterocycles. The summed E-state index contributed by atoms with van der Waals surface area (Å²) >= 11 is 6.32. The average Bonchev–Trinajstić information content (AvgIpc) is 3.08. The van der Waals surface area contributed by atoms with Crippen LogP contribution in [0.3, 0.4) is 0 Å². The van der Waals surface area contributed by atoms with Gasteiger partial charge in [-0.2, -0.15) is 5.48 Å². The molecule has 0 saturated carbocycles. The van der Waals surface area contributed by atoms with Crippen molar-refractivity contribution in [2.24, 2.45) is 5.92 Å². The van der Waals surface area contributed by atoms with Crippen LogP contribution in [0.15, 0.2) is 24.3 Å². The van der Waals surface area contributed by atoms with Gasteiger partial charge in [0, 0.05) is 18.5 Å². The molecule has 0 radical (unpaired) electrons. The number of rotatable bonds is 7. The Morgan fingerprint density at radius 1 is 1.35 bits per heavy atom. The van der Waals surface area contributed by atoms with Crippen LogP contribution in [-0.4, -0.2) is 23.8 Å².